The maximum atomic E-state index is 13.2. The number of amides is 1. The van der Waals surface area contributed by atoms with Gasteiger partial charge in [-0.3, -0.25) is 14.9 Å². The first-order valence-corrected chi connectivity index (χ1v) is 5.22. The molecule has 1 amide bonds. The van der Waals surface area contributed by atoms with E-state index in [0.29, 0.717) is 6.07 Å². The van der Waals surface area contributed by atoms with Crippen molar-refractivity contribution in [3.05, 3.63) is 29.6 Å². The van der Waals surface area contributed by atoms with E-state index in [4.69, 9.17) is 5.11 Å². The van der Waals surface area contributed by atoms with Crippen LogP contribution in [0.1, 0.15) is 6.92 Å². The number of carboxylic acids is 1. The van der Waals surface area contributed by atoms with Crippen molar-refractivity contribution in [2.75, 3.05) is 11.9 Å². The molecule has 0 fully saturated rings. The van der Waals surface area contributed by atoms with Gasteiger partial charge in [-0.2, -0.15) is 0 Å². The van der Waals surface area contributed by atoms with E-state index >= 15 is 0 Å². The summed E-state index contributed by atoms with van der Waals surface area (Å²) in [6, 6.07) is 0.564. The van der Waals surface area contributed by atoms with Crippen molar-refractivity contribution in [1.82, 2.24) is 5.32 Å². The van der Waals surface area contributed by atoms with Crippen molar-refractivity contribution in [2.24, 2.45) is 0 Å². The zero-order valence-corrected chi connectivity index (χ0v) is 9.84. The second kappa shape index (κ2) is 6.19. The smallest absolute Gasteiger partial charge is 0.320 e. The van der Waals surface area contributed by atoms with E-state index in [-0.39, 0.29) is 0 Å². The van der Waals surface area contributed by atoms with Crippen molar-refractivity contribution >= 4 is 17.6 Å². The molecular weight excluding hydrogens is 265 g/mol. The van der Waals surface area contributed by atoms with Crippen LogP contribution >= 0.6 is 0 Å². The van der Waals surface area contributed by atoms with E-state index in [1.807, 2.05) is 5.32 Å². The molecule has 0 aliphatic carbocycles. The summed E-state index contributed by atoms with van der Waals surface area (Å²) in [6.45, 7) is 0.902. The summed E-state index contributed by atoms with van der Waals surface area (Å²) >= 11 is 0. The average molecular weight is 276 g/mol. The van der Waals surface area contributed by atoms with E-state index in [1.54, 1.807) is 0 Å². The Balaban J connectivity index is 2.63. The van der Waals surface area contributed by atoms with Crippen LogP contribution in [0.4, 0.5) is 18.9 Å². The summed E-state index contributed by atoms with van der Waals surface area (Å²) in [5, 5.41) is 12.9. The largest absolute Gasteiger partial charge is 0.480 e. The Morgan fingerprint density at radius 3 is 2.47 bits per heavy atom. The van der Waals surface area contributed by atoms with Crippen LogP contribution in [-0.4, -0.2) is 29.6 Å². The lowest BCUT2D eigenvalue weighted by atomic mass is 10.2. The van der Waals surface area contributed by atoms with Crippen molar-refractivity contribution in [3.63, 3.8) is 0 Å². The van der Waals surface area contributed by atoms with Gasteiger partial charge in [0.2, 0.25) is 5.91 Å². The predicted octanol–water partition coefficient (Wildman–Crippen LogP) is 1.11. The molecule has 0 aromatic heterocycles. The number of halogens is 3. The molecule has 1 atom stereocenters. The molecule has 1 rings (SSSR count). The molecule has 1 aromatic rings. The Kier molecular flexibility index (Phi) is 4.87. The maximum absolute atomic E-state index is 13.2. The zero-order chi connectivity index (χ0) is 14.6. The van der Waals surface area contributed by atoms with Crippen LogP contribution < -0.4 is 10.6 Å². The van der Waals surface area contributed by atoms with Crippen LogP contribution in [0.5, 0.6) is 0 Å². The number of anilines is 1. The highest BCUT2D eigenvalue weighted by Crippen LogP contribution is 2.19. The lowest BCUT2D eigenvalue weighted by molar-refractivity contribution is -0.139. The zero-order valence-electron chi connectivity index (χ0n) is 9.84. The van der Waals surface area contributed by atoms with Gasteiger partial charge in [-0.25, -0.2) is 13.2 Å². The normalized spacial score (nSPS) is 12.0. The van der Waals surface area contributed by atoms with Gasteiger partial charge in [0.05, 0.1) is 12.2 Å². The number of carbonyl (C=O) groups excluding carboxylic acids is 1. The Hall–Kier alpha value is -2.09. The highest BCUT2D eigenvalue weighted by Gasteiger charge is 2.16. The van der Waals surface area contributed by atoms with Crippen LogP contribution in [0.2, 0.25) is 0 Å². The number of benzene rings is 1. The Morgan fingerprint density at radius 2 is 1.89 bits per heavy atom. The van der Waals surface area contributed by atoms with Crippen molar-refractivity contribution in [1.29, 1.82) is 0 Å². The molecule has 0 radical (unpaired) electrons. The van der Waals surface area contributed by atoms with Crippen LogP contribution in [0, 0.1) is 17.5 Å². The third kappa shape index (κ3) is 3.95. The molecule has 5 nitrogen and oxygen atoms in total. The number of carboxylic acid groups (broad SMARTS) is 1. The fourth-order valence-electron chi connectivity index (χ4n) is 1.15. The van der Waals surface area contributed by atoms with Crippen molar-refractivity contribution in [3.8, 4) is 0 Å². The topological polar surface area (TPSA) is 78.4 Å². The van der Waals surface area contributed by atoms with Gasteiger partial charge in [-0.05, 0) is 19.1 Å². The van der Waals surface area contributed by atoms with Gasteiger partial charge >= 0.3 is 5.97 Å². The van der Waals surface area contributed by atoms with Gasteiger partial charge in [0.15, 0.2) is 17.5 Å². The lowest BCUT2D eigenvalue weighted by Crippen LogP contribution is -2.39. The second-order valence-electron chi connectivity index (χ2n) is 3.71. The predicted molar refractivity (Wildman–Crippen MR) is 60.0 cm³/mol. The van der Waals surface area contributed by atoms with Crippen LogP contribution in [-0.2, 0) is 9.59 Å². The van der Waals surface area contributed by atoms with Crippen molar-refractivity contribution in [2.45, 2.75) is 13.0 Å². The lowest BCUT2D eigenvalue weighted by Gasteiger charge is -2.10. The standard InChI is InChI=1S/C11H11F3N2O3/c1-5(11(18)19)15-4-8(17)16-7-3-2-6(12)9(13)10(7)14/h2-3,5,15H,4H2,1H3,(H,16,17)(H,18,19)/t5-/m1/s1. The minimum Gasteiger partial charge on any atom is -0.480 e. The maximum Gasteiger partial charge on any atom is 0.320 e. The molecule has 0 saturated heterocycles. The molecule has 3 N–H and O–H groups in total. The van der Waals surface area contributed by atoms with E-state index in [2.05, 4.69) is 5.32 Å². The number of hydrogen-bond donors (Lipinski definition) is 3. The molecule has 104 valence electrons. The summed E-state index contributed by atoms with van der Waals surface area (Å²) in [5.41, 5.74) is -0.520. The average Bonchev–Trinajstić information content (AvgIpc) is 2.36. The number of carbonyl (C=O) groups is 2. The molecule has 0 aliphatic heterocycles. The molecule has 0 aliphatic rings. The van der Waals surface area contributed by atoms with Gasteiger partial charge in [0.1, 0.15) is 6.04 Å². The summed E-state index contributed by atoms with van der Waals surface area (Å²) in [6.07, 6.45) is 0. The van der Waals surface area contributed by atoms with E-state index in [1.165, 1.54) is 6.92 Å². The van der Waals surface area contributed by atoms with Crippen molar-refractivity contribution < 1.29 is 27.9 Å². The first-order valence-electron chi connectivity index (χ1n) is 5.22. The SMILES string of the molecule is C[C@@H](NCC(=O)Nc1ccc(F)c(F)c1F)C(=O)O. The fraction of sp³-hybridized carbons (Fsp3) is 0.273. The highest BCUT2D eigenvalue weighted by molar-refractivity contribution is 5.92. The summed E-state index contributed by atoms with van der Waals surface area (Å²) in [5.74, 6) is -6.51. The molecule has 0 unspecified atom stereocenters. The van der Waals surface area contributed by atoms with Gasteiger partial charge in [0.25, 0.3) is 0 Å². The fourth-order valence-corrected chi connectivity index (χ4v) is 1.15. The highest BCUT2D eigenvalue weighted by atomic mass is 19.2. The molecule has 0 heterocycles. The monoisotopic (exact) mass is 276 g/mol. The minimum absolute atomic E-state index is 0.411. The molecule has 0 spiro atoms. The molecule has 1 aromatic carbocycles. The van der Waals surface area contributed by atoms with Crippen LogP contribution in [0.3, 0.4) is 0 Å². The van der Waals surface area contributed by atoms with Gasteiger partial charge in [-0.15, -0.1) is 0 Å². The molecule has 0 saturated carbocycles. The van der Waals surface area contributed by atoms with Crippen LogP contribution in [0.25, 0.3) is 0 Å². The van der Waals surface area contributed by atoms with E-state index < -0.39 is 47.6 Å². The molecule has 19 heavy (non-hydrogen) atoms. The minimum atomic E-state index is -1.69. The summed E-state index contributed by atoms with van der Waals surface area (Å²) in [4.78, 5) is 21.8. The number of rotatable bonds is 5. The Labute approximate surface area is 106 Å². The molecule has 0 bridgehead atoms. The van der Waals surface area contributed by atoms with Gasteiger partial charge in [0, 0.05) is 0 Å². The first-order chi connectivity index (χ1) is 8.82. The van der Waals surface area contributed by atoms with Crippen LogP contribution in [0.15, 0.2) is 12.1 Å². The Bertz CT molecular complexity index is 508. The second-order valence-corrected chi connectivity index (χ2v) is 3.71. The van der Waals surface area contributed by atoms with E-state index in [9.17, 15) is 22.8 Å². The number of hydrogen-bond acceptors (Lipinski definition) is 3. The number of aliphatic carboxylic acids is 1. The number of nitrogens with one attached hydrogen (secondary N) is 2. The third-order valence-corrected chi connectivity index (χ3v) is 2.25. The van der Waals surface area contributed by atoms with Gasteiger partial charge < -0.3 is 10.4 Å². The summed E-state index contributed by atoms with van der Waals surface area (Å²) in [7, 11) is 0. The van der Waals surface area contributed by atoms with Gasteiger partial charge in [-0.1, -0.05) is 0 Å². The summed E-state index contributed by atoms with van der Waals surface area (Å²) < 4.78 is 38.7. The quantitative estimate of drug-likeness (QED) is 0.704. The third-order valence-electron chi connectivity index (χ3n) is 2.25. The molecule has 8 heteroatoms. The molecular formula is C11H11F3N2O3. The van der Waals surface area contributed by atoms with E-state index in [0.717, 1.165) is 6.07 Å². The Morgan fingerprint density at radius 1 is 1.26 bits per heavy atom. The first kappa shape index (κ1) is 15.0.